The molecule has 0 spiro atoms. The third-order valence-electron chi connectivity index (χ3n) is 2.13. The minimum absolute atomic E-state index is 0.0407. The van der Waals surface area contributed by atoms with Crippen molar-refractivity contribution in [3.63, 3.8) is 0 Å². The Hall–Kier alpha value is -1.83. The Bertz CT molecular complexity index is 511. The second-order valence-electron chi connectivity index (χ2n) is 3.37. The average Bonchev–Trinajstić information content (AvgIpc) is 2.30. The smallest absolute Gasteiger partial charge is 0.373 e. The fourth-order valence-electron chi connectivity index (χ4n) is 1.37. The lowest BCUT2D eigenvalue weighted by atomic mass is 10.1. The molecule has 0 fully saturated rings. The van der Waals surface area contributed by atoms with Gasteiger partial charge < -0.3 is 14.9 Å². The number of carbonyl (C=O) groups excluding carboxylic acids is 1. The lowest BCUT2D eigenvalue weighted by molar-refractivity contribution is -0.391. The summed E-state index contributed by atoms with van der Waals surface area (Å²) in [6.45, 7) is 1.71. The number of alkyl halides is 2. The fourth-order valence-corrected chi connectivity index (χ4v) is 1.65. The molecule has 1 aromatic rings. The van der Waals surface area contributed by atoms with Gasteiger partial charge >= 0.3 is 11.8 Å². The second kappa shape index (κ2) is 6.37. The van der Waals surface area contributed by atoms with Crippen molar-refractivity contribution in [3.8, 4) is 0 Å². The Morgan fingerprint density at radius 1 is 1.63 bits per heavy atom. The number of hydrogen-bond acceptors (Lipinski definition) is 5. The summed E-state index contributed by atoms with van der Waals surface area (Å²) in [5, 5.41) is 10.0. The zero-order chi connectivity index (χ0) is 14.6. The average molecular weight is 295 g/mol. The van der Waals surface area contributed by atoms with Crippen LogP contribution in [0.3, 0.4) is 0 Å². The summed E-state index contributed by atoms with van der Waals surface area (Å²) >= 11 is 5.67. The van der Waals surface area contributed by atoms with E-state index in [0.717, 1.165) is 6.20 Å². The van der Waals surface area contributed by atoms with E-state index in [1.54, 1.807) is 6.92 Å². The zero-order valence-corrected chi connectivity index (χ0v) is 10.5. The van der Waals surface area contributed by atoms with Crippen molar-refractivity contribution in [2.24, 2.45) is 0 Å². The van der Waals surface area contributed by atoms with Crippen LogP contribution in [0.2, 0.25) is 5.02 Å². The van der Waals surface area contributed by atoms with E-state index >= 15 is 0 Å². The van der Waals surface area contributed by atoms with Crippen molar-refractivity contribution in [2.75, 3.05) is 6.61 Å². The molecule has 1 aromatic heterocycles. The van der Waals surface area contributed by atoms with Crippen molar-refractivity contribution in [1.29, 1.82) is 0 Å². The molecule has 0 aromatic carbocycles. The molecule has 0 N–H and O–H groups in total. The molecule has 9 heteroatoms. The molecule has 0 saturated carbocycles. The van der Waals surface area contributed by atoms with Crippen LogP contribution in [-0.2, 0) is 16.0 Å². The number of pyridine rings is 1. The van der Waals surface area contributed by atoms with Gasteiger partial charge in [0.1, 0.15) is 11.8 Å². The zero-order valence-electron chi connectivity index (χ0n) is 9.73. The molecule has 0 saturated heterocycles. The van der Waals surface area contributed by atoms with E-state index < -0.39 is 33.7 Å². The molecule has 104 valence electrons. The number of rotatable bonds is 5. The van der Waals surface area contributed by atoms with E-state index in [1.807, 2.05) is 0 Å². The Kier molecular flexibility index (Phi) is 5.11. The first-order valence-electron chi connectivity index (χ1n) is 5.13. The van der Waals surface area contributed by atoms with Crippen LogP contribution in [-0.4, -0.2) is 22.5 Å². The topological polar surface area (TPSA) is 82.3 Å². The highest BCUT2D eigenvalue weighted by Gasteiger charge is 2.29. The summed E-state index contributed by atoms with van der Waals surface area (Å²) < 4.78 is 30.2. The Labute approximate surface area is 111 Å². The number of nitrogens with zero attached hydrogens (tertiary/aromatic N) is 2. The van der Waals surface area contributed by atoms with Crippen LogP contribution in [0.25, 0.3) is 0 Å². The molecule has 0 amide bonds. The van der Waals surface area contributed by atoms with Crippen LogP contribution in [0.1, 0.15) is 24.5 Å². The monoisotopic (exact) mass is 294 g/mol. The third kappa shape index (κ3) is 3.57. The molecule has 0 unspecified atom stereocenters. The Morgan fingerprint density at radius 2 is 2.26 bits per heavy atom. The summed E-state index contributed by atoms with van der Waals surface area (Å²) in [6, 6.07) is 0. The van der Waals surface area contributed by atoms with Gasteiger partial charge in [0.05, 0.1) is 18.1 Å². The molecular formula is C10H9ClF2N2O4. The van der Waals surface area contributed by atoms with Crippen LogP contribution in [0.4, 0.5) is 14.6 Å². The largest absolute Gasteiger partial charge is 0.466 e. The van der Waals surface area contributed by atoms with Gasteiger partial charge in [0, 0.05) is 5.56 Å². The maximum Gasteiger partial charge on any atom is 0.373 e. The number of nitro groups is 1. The first-order valence-corrected chi connectivity index (χ1v) is 5.51. The minimum Gasteiger partial charge on any atom is -0.466 e. The molecule has 19 heavy (non-hydrogen) atoms. The maximum absolute atomic E-state index is 12.8. The third-order valence-corrected chi connectivity index (χ3v) is 2.58. The second-order valence-corrected chi connectivity index (χ2v) is 3.75. The van der Waals surface area contributed by atoms with Crippen molar-refractivity contribution in [1.82, 2.24) is 4.98 Å². The quantitative estimate of drug-likeness (QED) is 0.474. The minimum atomic E-state index is -3.16. The Morgan fingerprint density at radius 3 is 2.74 bits per heavy atom. The molecule has 0 aliphatic rings. The first-order chi connectivity index (χ1) is 8.88. The molecule has 1 rings (SSSR count). The summed E-state index contributed by atoms with van der Waals surface area (Å²) in [5.41, 5.74) is -1.03. The van der Waals surface area contributed by atoms with Crippen molar-refractivity contribution < 1.29 is 23.2 Å². The summed E-state index contributed by atoms with van der Waals surface area (Å²) in [4.78, 5) is 24.1. The van der Waals surface area contributed by atoms with Crippen LogP contribution in [0.15, 0.2) is 6.20 Å². The molecule has 0 aliphatic carbocycles. The standard InChI is InChI=1S/C10H9ClF2N2O4/c1-2-19-6(16)3-5-4-14-10(15(17)18)7(8(5)11)9(12)13/h4,9H,2-3H2,1H3. The molecule has 0 bridgehead atoms. The molecular weight excluding hydrogens is 286 g/mol. The summed E-state index contributed by atoms with van der Waals surface area (Å²) in [6.07, 6.45) is -2.62. The van der Waals surface area contributed by atoms with Crippen LogP contribution < -0.4 is 0 Å². The summed E-state index contributed by atoms with van der Waals surface area (Å²) in [5.74, 6) is -1.70. The number of esters is 1. The number of halogens is 3. The van der Waals surface area contributed by atoms with Crippen LogP contribution >= 0.6 is 11.6 Å². The van der Waals surface area contributed by atoms with Gasteiger partial charge in [-0.1, -0.05) is 11.6 Å². The SMILES string of the molecule is CCOC(=O)Cc1cnc([N+](=O)[O-])c(C(F)F)c1Cl. The van der Waals surface area contributed by atoms with Gasteiger partial charge in [-0.25, -0.2) is 8.78 Å². The van der Waals surface area contributed by atoms with Gasteiger partial charge in [0.25, 0.3) is 6.43 Å². The molecule has 6 nitrogen and oxygen atoms in total. The van der Waals surface area contributed by atoms with E-state index in [0.29, 0.717) is 0 Å². The highest BCUT2D eigenvalue weighted by Crippen LogP contribution is 2.35. The van der Waals surface area contributed by atoms with Crippen molar-refractivity contribution >= 4 is 23.4 Å². The predicted molar refractivity (Wildman–Crippen MR) is 61.2 cm³/mol. The molecule has 1 heterocycles. The van der Waals surface area contributed by atoms with E-state index in [1.165, 1.54) is 0 Å². The highest BCUT2D eigenvalue weighted by atomic mass is 35.5. The number of aromatic nitrogens is 1. The van der Waals surface area contributed by atoms with Gasteiger partial charge in [-0.3, -0.25) is 4.79 Å². The van der Waals surface area contributed by atoms with Gasteiger partial charge in [0.2, 0.25) is 0 Å². The Balaban J connectivity index is 3.20. The molecule has 0 aliphatic heterocycles. The predicted octanol–water partition coefficient (Wildman–Crippen LogP) is 2.69. The maximum atomic E-state index is 12.8. The van der Waals surface area contributed by atoms with Gasteiger partial charge in [0.15, 0.2) is 0 Å². The lowest BCUT2D eigenvalue weighted by Crippen LogP contribution is -2.10. The van der Waals surface area contributed by atoms with Crippen molar-refractivity contribution in [2.45, 2.75) is 19.8 Å². The van der Waals surface area contributed by atoms with Gasteiger partial charge in [-0.05, 0) is 16.8 Å². The highest BCUT2D eigenvalue weighted by molar-refractivity contribution is 6.32. The number of carbonyl (C=O) groups is 1. The molecule has 0 atom stereocenters. The van der Waals surface area contributed by atoms with E-state index in [4.69, 9.17) is 11.6 Å². The van der Waals surface area contributed by atoms with Gasteiger partial charge in [-0.15, -0.1) is 0 Å². The van der Waals surface area contributed by atoms with E-state index in [9.17, 15) is 23.7 Å². The molecule has 0 radical (unpaired) electrons. The van der Waals surface area contributed by atoms with Crippen LogP contribution in [0.5, 0.6) is 0 Å². The first kappa shape index (κ1) is 15.2. The summed E-state index contributed by atoms with van der Waals surface area (Å²) in [7, 11) is 0. The van der Waals surface area contributed by atoms with Crippen LogP contribution in [0, 0.1) is 10.1 Å². The number of hydrogen-bond donors (Lipinski definition) is 0. The van der Waals surface area contributed by atoms with Crippen molar-refractivity contribution in [3.05, 3.63) is 32.5 Å². The van der Waals surface area contributed by atoms with E-state index in [2.05, 4.69) is 9.72 Å². The van der Waals surface area contributed by atoms with Gasteiger partial charge in [-0.2, -0.15) is 0 Å². The lowest BCUT2D eigenvalue weighted by Gasteiger charge is -2.07. The normalized spacial score (nSPS) is 10.6. The number of ether oxygens (including phenoxy) is 1. The van der Waals surface area contributed by atoms with E-state index in [-0.39, 0.29) is 18.6 Å². The fraction of sp³-hybridized carbons (Fsp3) is 0.400.